The summed E-state index contributed by atoms with van der Waals surface area (Å²) in [4.78, 5) is 0. The van der Waals surface area contributed by atoms with E-state index in [9.17, 15) is 0 Å². The molecule has 0 bridgehead atoms. The predicted molar refractivity (Wildman–Crippen MR) is 90.2 cm³/mol. The number of rotatable bonds is 4. The molecule has 2 aromatic rings. The zero-order chi connectivity index (χ0) is 14.5. The Kier molecular flexibility index (Phi) is 4.51. The molecule has 1 fully saturated rings. The van der Waals surface area contributed by atoms with Gasteiger partial charge in [-0.15, -0.1) is 12.6 Å². The third kappa shape index (κ3) is 2.94. The van der Waals surface area contributed by atoms with Gasteiger partial charge in [0.2, 0.25) is 0 Å². The van der Waals surface area contributed by atoms with Crippen molar-refractivity contribution >= 4 is 12.6 Å². The van der Waals surface area contributed by atoms with Crippen LogP contribution in [-0.4, -0.2) is 19.0 Å². The van der Waals surface area contributed by atoms with E-state index in [1.54, 1.807) is 0 Å². The van der Waals surface area contributed by atoms with Crippen molar-refractivity contribution in [3.8, 4) is 5.75 Å². The number of ether oxygens (including phenoxy) is 1. The molecule has 0 radical (unpaired) electrons. The fourth-order valence-electron chi connectivity index (χ4n) is 3.30. The molecule has 1 aliphatic rings. The third-order valence-corrected chi connectivity index (χ3v) is 4.55. The number of hydrogen-bond donors (Lipinski definition) is 2. The van der Waals surface area contributed by atoms with Gasteiger partial charge in [-0.05, 0) is 49.2 Å². The van der Waals surface area contributed by atoms with E-state index in [4.69, 9.17) is 4.74 Å². The topological polar surface area (TPSA) is 21.3 Å². The summed E-state index contributed by atoms with van der Waals surface area (Å²) in [5.74, 6) is 1.29. The van der Waals surface area contributed by atoms with Crippen molar-refractivity contribution in [3.63, 3.8) is 0 Å². The van der Waals surface area contributed by atoms with Crippen molar-refractivity contribution in [1.82, 2.24) is 5.32 Å². The van der Waals surface area contributed by atoms with Crippen molar-refractivity contribution in [2.45, 2.75) is 18.3 Å². The van der Waals surface area contributed by atoms with E-state index in [0.29, 0.717) is 5.94 Å². The van der Waals surface area contributed by atoms with Crippen LogP contribution in [0.2, 0.25) is 0 Å². The van der Waals surface area contributed by atoms with Gasteiger partial charge >= 0.3 is 0 Å². The van der Waals surface area contributed by atoms with Gasteiger partial charge in [0.25, 0.3) is 0 Å². The van der Waals surface area contributed by atoms with Crippen LogP contribution in [0, 0.1) is 0 Å². The maximum absolute atomic E-state index is 5.44. The molecule has 0 aliphatic carbocycles. The molecule has 1 saturated heterocycles. The molecule has 0 spiro atoms. The molecule has 1 N–H and O–H groups in total. The quantitative estimate of drug-likeness (QED) is 0.664. The zero-order valence-corrected chi connectivity index (χ0v) is 13.0. The molecule has 3 heteroatoms. The van der Waals surface area contributed by atoms with Crippen molar-refractivity contribution in [1.29, 1.82) is 0 Å². The number of thiol groups is 1. The lowest BCUT2D eigenvalue weighted by atomic mass is 9.68. The normalized spacial score (nSPS) is 17.4. The molecule has 1 aliphatic heterocycles. The van der Waals surface area contributed by atoms with Gasteiger partial charge < -0.3 is 10.1 Å². The fourth-order valence-corrected chi connectivity index (χ4v) is 3.45. The molecule has 0 atom stereocenters. The van der Waals surface area contributed by atoms with E-state index in [0.717, 1.165) is 31.7 Å². The largest absolute Gasteiger partial charge is 0.483 e. The van der Waals surface area contributed by atoms with E-state index in [2.05, 4.69) is 72.5 Å². The van der Waals surface area contributed by atoms with Gasteiger partial charge in [-0.3, -0.25) is 0 Å². The predicted octanol–water partition coefficient (Wildman–Crippen LogP) is 3.62. The van der Waals surface area contributed by atoms with Crippen LogP contribution in [0.5, 0.6) is 5.75 Å². The van der Waals surface area contributed by atoms with Crippen LogP contribution in [-0.2, 0) is 5.41 Å². The highest BCUT2D eigenvalue weighted by atomic mass is 32.1. The Morgan fingerprint density at radius 1 is 0.905 bits per heavy atom. The second kappa shape index (κ2) is 6.54. The zero-order valence-electron chi connectivity index (χ0n) is 12.1. The van der Waals surface area contributed by atoms with Crippen LogP contribution in [0.15, 0.2) is 54.6 Å². The summed E-state index contributed by atoms with van der Waals surface area (Å²) in [5, 5.41) is 3.48. The first-order chi connectivity index (χ1) is 10.3. The second-order valence-corrected chi connectivity index (χ2v) is 5.75. The minimum atomic E-state index is 0.117. The first kappa shape index (κ1) is 14.5. The summed E-state index contributed by atoms with van der Waals surface area (Å²) in [6, 6.07) is 19.4. The van der Waals surface area contributed by atoms with E-state index in [1.807, 2.05) is 0 Å². The molecule has 2 aromatic carbocycles. The van der Waals surface area contributed by atoms with E-state index in [-0.39, 0.29) is 5.41 Å². The van der Waals surface area contributed by atoms with Crippen molar-refractivity contribution in [2.75, 3.05) is 19.0 Å². The summed E-state index contributed by atoms with van der Waals surface area (Å²) < 4.78 is 5.44. The van der Waals surface area contributed by atoms with E-state index < -0.39 is 0 Å². The third-order valence-electron chi connectivity index (χ3n) is 4.42. The van der Waals surface area contributed by atoms with Crippen LogP contribution in [0.3, 0.4) is 0 Å². The molecule has 21 heavy (non-hydrogen) atoms. The van der Waals surface area contributed by atoms with Crippen molar-refractivity contribution in [3.05, 3.63) is 65.7 Å². The number of hydrogen-bond acceptors (Lipinski definition) is 3. The summed E-state index contributed by atoms with van der Waals surface area (Å²) >= 11 is 4.10. The van der Waals surface area contributed by atoms with Crippen LogP contribution < -0.4 is 10.1 Å². The maximum atomic E-state index is 5.44. The minimum absolute atomic E-state index is 0.117. The molecule has 3 rings (SSSR count). The molecule has 0 unspecified atom stereocenters. The monoisotopic (exact) mass is 299 g/mol. The van der Waals surface area contributed by atoms with E-state index in [1.165, 1.54) is 11.1 Å². The lowest BCUT2D eigenvalue weighted by molar-refractivity contribution is 0.360. The molecule has 2 nitrogen and oxygen atoms in total. The number of benzene rings is 2. The smallest absolute Gasteiger partial charge is 0.131 e. The Labute approximate surface area is 131 Å². The molecular weight excluding hydrogens is 278 g/mol. The Morgan fingerprint density at radius 2 is 1.52 bits per heavy atom. The summed E-state index contributed by atoms with van der Waals surface area (Å²) in [6.07, 6.45) is 2.26. The highest BCUT2D eigenvalue weighted by Gasteiger charge is 2.35. The Hall–Kier alpha value is -1.45. The van der Waals surface area contributed by atoms with Gasteiger partial charge in [0.1, 0.15) is 11.7 Å². The van der Waals surface area contributed by atoms with Gasteiger partial charge in [-0.1, -0.05) is 42.5 Å². The minimum Gasteiger partial charge on any atom is -0.483 e. The van der Waals surface area contributed by atoms with Crippen molar-refractivity contribution in [2.24, 2.45) is 0 Å². The van der Waals surface area contributed by atoms with Gasteiger partial charge in [0, 0.05) is 5.41 Å². The summed E-state index contributed by atoms with van der Waals surface area (Å²) in [6.45, 7) is 2.12. The molecular formula is C18H21NOS. The standard InChI is InChI=1S/C18H21NOS/c21-14-20-17-8-6-16(7-9-17)18(10-12-19-13-11-18)15-4-2-1-3-5-15/h1-9,19,21H,10-14H2. The molecule has 0 aromatic heterocycles. The van der Waals surface area contributed by atoms with Crippen LogP contribution in [0.4, 0.5) is 0 Å². The maximum Gasteiger partial charge on any atom is 0.131 e. The SMILES string of the molecule is SCOc1ccc(C2(c3ccccc3)CCNCC2)cc1. The molecule has 1 heterocycles. The first-order valence-electron chi connectivity index (χ1n) is 7.46. The number of nitrogens with one attached hydrogen (secondary N) is 1. The first-order valence-corrected chi connectivity index (χ1v) is 8.09. The Balaban J connectivity index is 1.99. The Morgan fingerprint density at radius 3 is 2.14 bits per heavy atom. The second-order valence-electron chi connectivity index (χ2n) is 5.50. The average Bonchev–Trinajstić information content (AvgIpc) is 2.57. The van der Waals surface area contributed by atoms with Crippen LogP contribution in [0.25, 0.3) is 0 Å². The van der Waals surface area contributed by atoms with Gasteiger partial charge in [0.15, 0.2) is 0 Å². The average molecular weight is 299 g/mol. The fraction of sp³-hybridized carbons (Fsp3) is 0.333. The lowest BCUT2D eigenvalue weighted by Gasteiger charge is -2.39. The van der Waals surface area contributed by atoms with Gasteiger partial charge in [0.05, 0.1) is 0 Å². The van der Waals surface area contributed by atoms with Gasteiger partial charge in [-0.2, -0.15) is 0 Å². The lowest BCUT2D eigenvalue weighted by Crippen LogP contribution is -2.40. The van der Waals surface area contributed by atoms with Crippen LogP contribution in [0.1, 0.15) is 24.0 Å². The van der Waals surface area contributed by atoms with E-state index >= 15 is 0 Å². The molecule has 0 amide bonds. The molecule has 0 saturated carbocycles. The molecule has 110 valence electrons. The highest BCUT2D eigenvalue weighted by molar-refractivity contribution is 7.80. The van der Waals surface area contributed by atoms with Gasteiger partial charge in [-0.25, -0.2) is 0 Å². The summed E-state index contributed by atoms with van der Waals surface area (Å²) in [7, 11) is 0. The number of piperidine rings is 1. The highest BCUT2D eigenvalue weighted by Crippen LogP contribution is 2.40. The Bertz CT molecular complexity index is 562. The van der Waals surface area contributed by atoms with Crippen LogP contribution >= 0.6 is 12.6 Å². The summed E-state index contributed by atoms with van der Waals surface area (Å²) in [5.41, 5.74) is 2.91. The van der Waals surface area contributed by atoms with Crippen molar-refractivity contribution < 1.29 is 4.74 Å².